The Hall–Kier alpha value is -1.34. The van der Waals surface area contributed by atoms with E-state index in [9.17, 15) is 9.59 Å². The standard InChI is InChI=1S/C19H30N4O2.2ClH/c1-3-22(4-2)18(24)15-21-10-12-23(13-11-21)19(25)17(20)14-16-8-6-5-7-9-16;;/h5-9,17H,3-4,10-15,20H2,1-2H3;2*1H. The number of amides is 2. The molecular formula is C19H32Cl2N4O2. The minimum atomic E-state index is -0.508. The zero-order valence-corrected chi connectivity index (χ0v) is 17.8. The maximum Gasteiger partial charge on any atom is 0.239 e. The van der Waals surface area contributed by atoms with Crippen molar-refractivity contribution in [3.63, 3.8) is 0 Å². The maximum atomic E-state index is 12.5. The third-order valence-electron chi connectivity index (χ3n) is 4.77. The Bertz CT molecular complexity index is 562. The fourth-order valence-corrected chi connectivity index (χ4v) is 3.18. The summed E-state index contributed by atoms with van der Waals surface area (Å²) in [6.07, 6.45) is 0.556. The molecule has 1 aliphatic heterocycles. The predicted molar refractivity (Wildman–Crippen MR) is 114 cm³/mol. The topological polar surface area (TPSA) is 69.9 Å². The lowest BCUT2D eigenvalue weighted by Gasteiger charge is -2.36. The Kier molecular flexibility index (Phi) is 12.3. The quantitative estimate of drug-likeness (QED) is 0.726. The van der Waals surface area contributed by atoms with Crippen LogP contribution in [0.15, 0.2) is 30.3 Å². The van der Waals surface area contributed by atoms with Crippen molar-refractivity contribution in [1.82, 2.24) is 14.7 Å². The van der Waals surface area contributed by atoms with E-state index in [1.54, 1.807) is 0 Å². The monoisotopic (exact) mass is 418 g/mol. The summed E-state index contributed by atoms with van der Waals surface area (Å²) in [5.74, 6) is 0.157. The molecule has 0 aliphatic carbocycles. The van der Waals surface area contributed by atoms with E-state index < -0.39 is 6.04 Å². The van der Waals surface area contributed by atoms with E-state index in [-0.39, 0.29) is 36.6 Å². The summed E-state index contributed by atoms with van der Waals surface area (Å²) >= 11 is 0. The SMILES string of the molecule is CCN(CC)C(=O)CN1CCN(C(=O)C(N)Cc2ccccc2)CC1.Cl.Cl. The van der Waals surface area contributed by atoms with Crippen LogP contribution in [-0.2, 0) is 16.0 Å². The highest BCUT2D eigenvalue weighted by atomic mass is 35.5. The zero-order valence-electron chi connectivity index (χ0n) is 16.2. The number of halogens is 2. The first-order valence-corrected chi connectivity index (χ1v) is 9.13. The summed E-state index contributed by atoms with van der Waals surface area (Å²) in [4.78, 5) is 30.5. The fourth-order valence-electron chi connectivity index (χ4n) is 3.18. The van der Waals surface area contributed by atoms with Gasteiger partial charge in [0.05, 0.1) is 12.6 Å². The number of carbonyl (C=O) groups excluding carboxylic acids is 2. The number of hydrogen-bond acceptors (Lipinski definition) is 4. The van der Waals surface area contributed by atoms with Gasteiger partial charge in [-0.2, -0.15) is 0 Å². The highest BCUT2D eigenvalue weighted by molar-refractivity contribution is 5.85. The number of rotatable bonds is 7. The van der Waals surface area contributed by atoms with Gasteiger partial charge in [-0.1, -0.05) is 30.3 Å². The predicted octanol–water partition coefficient (Wildman–Crippen LogP) is 1.41. The van der Waals surface area contributed by atoms with E-state index in [2.05, 4.69) is 4.90 Å². The molecule has 6 nitrogen and oxygen atoms in total. The number of benzene rings is 1. The number of nitrogens with zero attached hydrogens (tertiary/aromatic N) is 3. The van der Waals surface area contributed by atoms with Crippen molar-refractivity contribution in [3.8, 4) is 0 Å². The number of piperazine rings is 1. The molecular weight excluding hydrogens is 387 g/mol. The fraction of sp³-hybridized carbons (Fsp3) is 0.579. The number of nitrogens with two attached hydrogens (primary N) is 1. The molecule has 0 spiro atoms. The molecule has 1 fully saturated rings. The Balaban J connectivity index is 0.00000338. The highest BCUT2D eigenvalue weighted by Crippen LogP contribution is 2.08. The molecule has 0 aromatic heterocycles. The van der Waals surface area contributed by atoms with Gasteiger partial charge in [-0.15, -0.1) is 24.8 Å². The second kappa shape index (κ2) is 12.9. The van der Waals surface area contributed by atoms with Gasteiger partial charge in [-0.05, 0) is 25.8 Å². The largest absolute Gasteiger partial charge is 0.342 e. The number of likely N-dealkylation sites (N-methyl/N-ethyl adjacent to an activating group) is 1. The first kappa shape index (κ1) is 25.7. The molecule has 154 valence electrons. The van der Waals surface area contributed by atoms with E-state index >= 15 is 0 Å². The average Bonchev–Trinajstić information content (AvgIpc) is 2.63. The Morgan fingerprint density at radius 1 is 1.04 bits per heavy atom. The minimum Gasteiger partial charge on any atom is -0.342 e. The van der Waals surface area contributed by atoms with Gasteiger partial charge in [0, 0.05) is 39.3 Å². The van der Waals surface area contributed by atoms with Crippen molar-refractivity contribution >= 4 is 36.6 Å². The Morgan fingerprint density at radius 2 is 1.59 bits per heavy atom. The summed E-state index contributed by atoms with van der Waals surface area (Å²) < 4.78 is 0. The van der Waals surface area contributed by atoms with Crippen molar-refractivity contribution in [2.45, 2.75) is 26.3 Å². The van der Waals surface area contributed by atoms with Gasteiger partial charge in [0.25, 0.3) is 0 Å². The third-order valence-corrected chi connectivity index (χ3v) is 4.77. The van der Waals surface area contributed by atoms with Crippen LogP contribution in [0.4, 0.5) is 0 Å². The molecule has 0 saturated carbocycles. The van der Waals surface area contributed by atoms with Crippen LogP contribution in [-0.4, -0.2) is 78.4 Å². The van der Waals surface area contributed by atoms with E-state index in [4.69, 9.17) is 5.73 Å². The van der Waals surface area contributed by atoms with Crippen LogP contribution in [0.2, 0.25) is 0 Å². The second-order valence-electron chi connectivity index (χ2n) is 6.46. The van der Waals surface area contributed by atoms with Crippen molar-refractivity contribution in [2.75, 3.05) is 45.8 Å². The summed E-state index contributed by atoms with van der Waals surface area (Å²) in [6, 6.07) is 9.34. The third kappa shape index (κ3) is 7.66. The molecule has 2 N–H and O–H groups in total. The molecule has 1 atom stereocenters. The average molecular weight is 419 g/mol. The van der Waals surface area contributed by atoms with E-state index in [0.29, 0.717) is 26.1 Å². The molecule has 1 heterocycles. The van der Waals surface area contributed by atoms with Crippen LogP contribution in [0.25, 0.3) is 0 Å². The number of hydrogen-bond donors (Lipinski definition) is 1. The first-order chi connectivity index (χ1) is 12.0. The van der Waals surface area contributed by atoms with Gasteiger partial charge in [-0.25, -0.2) is 0 Å². The van der Waals surface area contributed by atoms with Crippen LogP contribution in [0.3, 0.4) is 0 Å². The van der Waals surface area contributed by atoms with Gasteiger partial charge < -0.3 is 15.5 Å². The van der Waals surface area contributed by atoms with Gasteiger partial charge >= 0.3 is 0 Å². The molecule has 1 unspecified atom stereocenters. The summed E-state index contributed by atoms with van der Waals surface area (Å²) in [7, 11) is 0. The molecule has 1 aromatic rings. The van der Waals surface area contributed by atoms with Crippen LogP contribution in [0.5, 0.6) is 0 Å². The molecule has 0 bridgehead atoms. The lowest BCUT2D eigenvalue weighted by Crippen LogP contribution is -2.55. The van der Waals surface area contributed by atoms with Crippen LogP contribution in [0, 0.1) is 0 Å². The minimum absolute atomic E-state index is 0. The maximum absolute atomic E-state index is 12.5. The van der Waals surface area contributed by atoms with Crippen molar-refractivity contribution in [2.24, 2.45) is 5.73 Å². The summed E-state index contributed by atoms with van der Waals surface area (Å²) in [5, 5.41) is 0. The van der Waals surface area contributed by atoms with Gasteiger partial charge in [-0.3, -0.25) is 14.5 Å². The van der Waals surface area contributed by atoms with E-state index in [0.717, 1.165) is 31.7 Å². The van der Waals surface area contributed by atoms with E-state index in [1.807, 2.05) is 54.0 Å². The summed E-state index contributed by atoms with van der Waals surface area (Å²) in [5.41, 5.74) is 7.18. The molecule has 27 heavy (non-hydrogen) atoms. The van der Waals surface area contributed by atoms with Crippen LogP contribution >= 0.6 is 24.8 Å². The lowest BCUT2D eigenvalue weighted by atomic mass is 10.1. The molecule has 1 saturated heterocycles. The Morgan fingerprint density at radius 3 is 2.11 bits per heavy atom. The van der Waals surface area contributed by atoms with Gasteiger partial charge in [0.2, 0.25) is 11.8 Å². The number of carbonyl (C=O) groups is 2. The van der Waals surface area contributed by atoms with Gasteiger partial charge in [0.1, 0.15) is 0 Å². The molecule has 1 aliphatic rings. The smallest absolute Gasteiger partial charge is 0.239 e. The molecule has 8 heteroatoms. The molecule has 2 amide bonds. The summed E-state index contributed by atoms with van der Waals surface area (Å²) in [6.45, 7) is 8.59. The molecule has 1 aromatic carbocycles. The normalized spacial score (nSPS) is 15.3. The van der Waals surface area contributed by atoms with Crippen molar-refractivity contribution < 1.29 is 9.59 Å². The van der Waals surface area contributed by atoms with E-state index in [1.165, 1.54) is 0 Å². The van der Waals surface area contributed by atoms with Gasteiger partial charge in [0.15, 0.2) is 0 Å². The second-order valence-corrected chi connectivity index (χ2v) is 6.46. The first-order valence-electron chi connectivity index (χ1n) is 9.13. The van der Waals surface area contributed by atoms with Crippen LogP contribution in [0.1, 0.15) is 19.4 Å². The van der Waals surface area contributed by atoms with Crippen LogP contribution < -0.4 is 5.73 Å². The Labute approximate surface area is 174 Å². The molecule has 2 rings (SSSR count). The zero-order chi connectivity index (χ0) is 18.2. The molecule has 0 radical (unpaired) electrons. The van der Waals surface area contributed by atoms with Crippen molar-refractivity contribution in [3.05, 3.63) is 35.9 Å². The highest BCUT2D eigenvalue weighted by Gasteiger charge is 2.26. The lowest BCUT2D eigenvalue weighted by molar-refractivity contribution is -0.135. The van der Waals surface area contributed by atoms with Crippen molar-refractivity contribution in [1.29, 1.82) is 0 Å².